The Labute approximate surface area is 796 Å². The molecule has 0 aliphatic rings. The molecule has 12 rings (SSSR count). The van der Waals surface area contributed by atoms with Crippen molar-refractivity contribution in [2.24, 2.45) is 0 Å². The summed E-state index contributed by atoms with van der Waals surface area (Å²) in [6.45, 7) is 5.72. The van der Waals surface area contributed by atoms with Crippen molar-refractivity contribution in [1.82, 2.24) is 0 Å². The molecule has 0 aliphatic heterocycles. The number of hydrogen-bond donors (Lipinski definition) is 0. The fourth-order valence-electron chi connectivity index (χ4n) is 11.8. The first-order valence-corrected chi connectivity index (χ1v) is 55.0. The summed E-state index contributed by atoms with van der Waals surface area (Å²) < 4.78 is 136. The second-order valence-electron chi connectivity index (χ2n) is 24.2. The molecule has 0 fully saturated rings. The topological polar surface area (TPSA) is 464 Å². The zero-order valence-electron chi connectivity index (χ0n) is 65.9. The Balaban J connectivity index is 0. The average Bonchev–Trinajstić information content (AvgIpc) is 0.813. The van der Waals surface area contributed by atoms with E-state index in [1.54, 1.807) is 87.9 Å². The number of benzene rings is 12. The molecule has 0 saturated heterocycles. The van der Waals surface area contributed by atoms with E-state index in [2.05, 4.69) is 364 Å². The SMILES string of the molecule is CC#N.CC#N.CC#N.CC#N.[Ag+].[Ag+].[Ag+].[Ag+].[O-][Cl+3]([O-])([O-])[O-].[O-][Cl+3]([O-])([O-])[O-].[O-][Cl+3]([O-])([O-])[O-].[O-][Cl+3]([O-])([O-])[O-].c1ccc([PH+](C[PH+](C[PH+](c2ccccc2)c2ccccc2)C[PH+](c2ccccc2)c2ccccc2)c2ccccc2)cc1.c1ccc([PH+](C[PH+](C[PH+](c2ccccc2)c2ccccc2)C[PH+](c2ccccc2)c2ccccc2)c2ccccc2)cc1. The fraction of sp³-hybridized carbons (Fsp3) is 0.116. The van der Waals surface area contributed by atoms with Gasteiger partial charge in [0.25, 0.3) is 0 Å². The van der Waals surface area contributed by atoms with Crippen molar-refractivity contribution in [2.75, 3.05) is 35.4 Å². The van der Waals surface area contributed by atoms with E-state index < -0.39 is 104 Å². The Kier molecular flexibility index (Phi) is 68.2. The molecule has 36 heteroatoms. The smallest absolute Gasteiger partial charge is 0.222 e. The summed E-state index contributed by atoms with van der Waals surface area (Å²) in [4.78, 5) is 0. The summed E-state index contributed by atoms with van der Waals surface area (Å²) in [5.74, 6) is 8.03. The van der Waals surface area contributed by atoms with Crippen LogP contribution in [0.4, 0.5) is 0 Å². The fourth-order valence-corrected chi connectivity index (χ4v) is 52.5. The summed E-state index contributed by atoms with van der Waals surface area (Å²) in [5.41, 5.74) is 0. The molecule has 0 heterocycles. The van der Waals surface area contributed by atoms with Gasteiger partial charge >= 0.3 is 89.5 Å². The normalized spacial score (nSPS) is 10.3. The second-order valence-corrected chi connectivity index (χ2v) is 51.4. The van der Waals surface area contributed by atoms with Crippen molar-refractivity contribution < 1.29 is 205 Å². The van der Waals surface area contributed by atoms with E-state index in [9.17, 15) is 0 Å². The Morgan fingerprint density at radius 1 is 0.172 bits per heavy atom. The number of nitrogens with zero attached hydrogens (tertiary/aromatic N) is 4. The summed E-state index contributed by atoms with van der Waals surface area (Å²) in [7, 11) is -27.0. The largest absolute Gasteiger partial charge is 1.00 e. The van der Waals surface area contributed by atoms with Gasteiger partial charge in [-0.2, -0.15) is 21.0 Å². The molecule has 0 aliphatic carbocycles. The Morgan fingerprint density at radius 2 is 0.230 bits per heavy atom. The van der Waals surface area contributed by atoms with E-state index >= 15 is 0 Å². The molecule has 0 N–H and O–H groups in total. The van der Waals surface area contributed by atoms with Gasteiger partial charge in [0.1, 0.15) is 127 Å². The molecule has 0 radical (unpaired) electrons. The molecule has 0 spiro atoms. The third-order valence-electron chi connectivity index (χ3n) is 16.0. The molecule has 20 nitrogen and oxygen atoms in total. The molecular weight excluding hydrogens is 2170 g/mol. The van der Waals surface area contributed by atoms with Gasteiger partial charge in [0.05, 0.1) is 24.3 Å². The zero-order valence-corrected chi connectivity index (χ0v) is 82.9. The summed E-state index contributed by atoms with van der Waals surface area (Å²) in [6.07, 6.45) is 0. The molecule has 0 amide bonds. The Morgan fingerprint density at radius 3 is 0.287 bits per heavy atom. The predicted octanol–water partition coefficient (Wildman–Crippen LogP) is -1.58. The number of hydrogen-bond acceptors (Lipinski definition) is 20. The van der Waals surface area contributed by atoms with Crippen LogP contribution in [0.25, 0.3) is 0 Å². The van der Waals surface area contributed by atoms with Crippen LogP contribution in [0.1, 0.15) is 27.7 Å². The van der Waals surface area contributed by atoms with Gasteiger partial charge in [-0.25, -0.2) is 74.5 Å². The molecule has 12 aromatic rings. The van der Waals surface area contributed by atoms with Crippen molar-refractivity contribution in [3.05, 3.63) is 364 Å². The predicted molar refractivity (Wildman–Crippen MR) is 454 cm³/mol. The van der Waals surface area contributed by atoms with Crippen LogP contribution in [0.2, 0.25) is 0 Å². The van der Waals surface area contributed by atoms with Crippen LogP contribution in [0.15, 0.2) is 364 Å². The molecule has 0 unspecified atom stereocenters. The maximum absolute atomic E-state index is 8.49. The molecule has 0 atom stereocenters. The number of halogens is 4. The van der Waals surface area contributed by atoms with E-state index in [0.29, 0.717) is 0 Å². The molecule has 12 aromatic carbocycles. The van der Waals surface area contributed by atoms with Crippen LogP contribution in [0, 0.1) is 86.3 Å². The van der Waals surface area contributed by atoms with Gasteiger partial charge in [-0.15, -0.1) is 41.0 Å². The van der Waals surface area contributed by atoms with Crippen LogP contribution in [0.5, 0.6) is 0 Å². The molecule has 0 saturated carbocycles. The monoisotopic (exact) mass is 2250 g/mol. The van der Waals surface area contributed by atoms with E-state index in [0.717, 1.165) is 0 Å². The Bertz CT molecular complexity index is 3740. The van der Waals surface area contributed by atoms with Gasteiger partial charge in [0.15, 0.2) is 35.4 Å². The minimum Gasteiger partial charge on any atom is -0.222 e. The van der Waals surface area contributed by atoms with Gasteiger partial charge in [-0.3, -0.25) is 0 Å². The van der Waals surface area contributed by atoms with E-state index in [-0.39, 0.29) is 89.5 Å². The second kappa shape index (κ2) is 69.6. The maximum Gasteiger partial charge on any atom is 1.00 e. The first kappa shape index (κ1) is 120. The molecule has 0 bridgehead atoms. The minimum atomic E-state index is -4.94. The van der Waals surface area contributed by atoms with Crippen LogP contribution in [-0.2, 0) is 89.5 Å². The third kappa shape index (κ3) is 56.7. The zero-order chi connectivity index (χ0) is 87.0. The van der Waals surface area contributed by atoms with Gasteiger partial charge < -0.3 is 0 Å². The summed E-state index contributed by atoms with van der Waals surface area (Å²) >= 11 is 0. The quantitative estimate of drug-likeness (QED) is 0.0487. The van der Waals surface area contributed by atoms with Gasteiger partial charge in [0, 0.05) is 27.7 Å². The van der Waals surface area contributed by atoms with Crippen molar-refractivity contribution in [3.63, 3.8) is 0 Å². The van der Waals surface area contributed by atoms with Crippen LogP contribution in [0.3, 0.4) is 0 Å². The first-order chi connectivity index (χ1) is 56.4. The van der Waals surface area contributed by atoms with E-state index in [1.165, 1.54) is 63.1 Å². The van der Waals surface area contributed by atoms with Crippen molar-refractivity contribution in [2.45, 2.75) is 27.7 Å². The molecular formula is C86H92Ag4Cl4N4O16P8+8. The van der Waals surface area contributed by atoms with E-state index in [4.69, 9.17) is 95.6 Å². The van der Waals surface area contributed by atoms with E-state index in [1.807, 2.05) is 0 Å². The van der Waals surface area contributed by atoms with Crippen LogP contribution >= 0.6 is 63.4 Å². The number of nitriles is 4. The van der Waals surface area contributed by atoms with Crippen LogP contribution in [-0.4, -0.2) is 35.4 Å². The first-order valence-electron chi connectivity index (χ1n) is 35.5. The van der Waals surface area contributed by atoms with Gasteiger partial charge in [0.2, 0.25) is 0 Å². The minimum absolute atomic E-state index is 0. The molecule has 0 aromatic heterocycles. The van der Waals surface area contributed by atoms with Crippen LogP contribution < -0.4 is 138 Å². The van der Waals surface area contributed by atoms with Gasteiger partial charge in [-0.05, 0) is 146 Å². The Hall–Kier alpha value is -4.48. The summed E-state index contributed by atoms with van der Waals surface area (Å²) in [5, 5.41) is 47.8. The number of rotatable bonds is 24. The van der Waals surface area contributed by atoms with Crippen molar-refractivity contribution in [3.8, 4) is 24.3 Å². The standard InChI is InChI=1S/2C39H36P4.4C2H3N.4Ag.4ClHO4/c2*1-7-19-34(20-8-1)41(35-21-9-2-10-22-35)31-40(32-42(36-23-11-3-12-24-36)37-25-13-4-14-26-37)33-43(38-27-15-5-16-28-38)39-29-17-6-18-30-39;4*1-2-3;;;;;4*2-1(3,4)5/h2*1-30H,31-33H2;4*1H3;;;;;4*(H,2,3,4,5)/q;;;;;;4*+1;;;;/p+4. The maximum atomic E-state index is 8.49. The van der Waals surface area contributed by atoms with Crippen molar-refractivity contribution >= 4 is 127 Å². The molecule has 122 heavy (non-hydrogen) atoms. The van der Waals surface area contributed by atoms with Gasteiger partial charge in [-0.1, -0.05) is 218 Å². The average molecular weight is 2260 g/mol. The molecule has 656 valence electrons. The third-order valence-corrected chi connectivity index (χ3v) is 48.9. The summed E-state index contributed by atoms with van der Waals surface area (Å²) in [6, 6.07) is 144. The van der Waals surface area contributed by atoms with Crippen molar-refractivity contribution in [1.29, 1.82) is 21.0 Å².